The molecular weight excluding hydrogens is 396 g/mol. The molecule has 2 aliphatic carbocycles. The minimum Gasteiger partial charge on any atom is -0.507 e. The Morgan fingerprint density at radius 2 is 1.71 bits per heavy atom. The number of aromatic hydroxyl groups is 1. The van der Waals surface area contributed by atoms with Gasteiger partial charge in [-0.25, -0.2) is 4.79 Å². The lowest BCUT2D eigenvalue weighted by molar-refractivity contribution is -0.141. The van der Waals surface area contributed by atoms with Crippen molar-refractivity contribution in [3.05, 3.63) is 27.2 Å². The van der Waals surface area contributed by atoms with Gasteiger partial charge in [0.25, 0.3) is 11.5 Å². The summed E-state index contributed by atoms with van der Waals surface area (Å²) in [6.45, 7) is 2.55. The summed E-state index contributed by atoms with van der Waals surface area (Å²) in [6, 6.07) is -1.04. The highest BCUT2D eigenvalue weighted by Gasteiger charge is 2.33. The maximum Gasteiger partial charge on any atom is 0.326 e. The van der Waals surface area contributed by atoms with Crippen LogP contribution in [0.5, 0.6) is 5.75 Å². The lowest BCUT2D eigenvalue weighted by Gasteiger charge is -2.28. The van der Waals surface area contributed by atoms with Gasteiger partial charge in [0.05, 0.1) is 0 Å². The second kappa shape index (κ2) is 10.8. The Kier molecular flexibility index (Phi) is 8.15. The highest BCUT2D eigenvalue weighted by Crippen LogP contribution is 2.30. The van der Waals surface area contributed by atoms with Crippen LogP contribution in [0.1, 0.15) is 99.2 Å². The van der Waals surface area contributed by atoms with Gasteiger partial charge in [-0.3, -0.25) is 9.59 Å². The van der Waals surface area contributed by atoms with Crippen LogP contribution in [0, 0.1) is 5.92 Å². The number of unbranched alkanes of at least 4 members (excludes halogenated alkanes) is 1. The first kappa shape index (κ1) is 23.4. The fraction of sp³-hybridized carbons (Fsp3) is 0.708. The number of pyridine rings is 1. The molecule has 0 aliphatic heterocycles. The van der Waals surface area contributed by atoms with Gasteiger partial charge < -0.3 is 20.1 Å². The van der Waals surface area contributed by atoms with Gasteiger partial charge in [0.1, 0.15) is 17.4 Å². The number of nitrogens with zero attached hydrogens (tertiary/aromatic N) is 1. The molecule has 1 aromatic rings. The van der Waals surface area contributed by atoms with Crippen molar-refractivity contribution in [2.45, 2.75) is 103 Å². The monoisotopic (exact) mass is 432 g/mol. The maximum absolute atomic E-state index is 13.3. The largest absolute Gasteiger partial charge is 0.507 e. The van der Waals surface area contributed by atoms with Gasteiger partial charge in [-0.1, -0.05) is 45.4 Å². The SMILES string of the molecule is CCCCn1c2c(c(O)c(C(=O)NC(C(=O)O)C3CCCCC3)c1=O)CCCCCC2. The minimum atomic E-state index is -1.09. The molecule has 1 amide bonds. The van der Waals surface area contributed by atoms with Crippen LogP contribution in [-0.2, 0) is 24.2 Å². The lowest BCUT2D eigenvalue weighted by atomic mass is 9.83. The number of rotatable bonds is 7. The summed E-state index contributed by atoms with van der Waals surface area (Å²) in [5, 5.41) is 23.3. The Labute approximate surface area is 183 Å². The van der Waals surface area contributed by atoms with E-state index in [1.54, 1.807) is 4.57 Å². The van der Waals surface area contributed by atoms with Gasteiger partial charge in [0.15, 0.2) is 0 Å². The molecule has 1 heterocycles. The second-order valence-electron chi connectivity index (χ2n) is 9.06. The molecule has 1 saturated carbocycles. The molecule has 0 radical (unpaired) electrons. The van der Waals surface area contributed by atoms with Crippen molar-refractivity contribution >= 4 is 11.9 Å². The predicted molar refractivity (Wildman–Crippen MR) is 119 cm³/mol. The summed E-state index contributed by atoms with van der Waals surface area (Å²) in [7, 11) is 0. The number of hydrogen-bond donors (Lipinski definition) is 3. The molecule has 0 saturated heterocycles. The molecule has 3 rings (SSSR count). The fourth-order valence-corrected chi connectivity index (χ4v) is 5.13. The predicted octanol–water partition coefficient (Wildman–Crippen LogP) is 3.78. The maximum atomic E-state index is 13.3. The average Bonchev–Trinajstić information content (AvgIpc) is 2.73. The normalized spacial score (nSPS) is 18.5. The number of nitrogens with one attached hydrogen (secondary N) is 1. The van der Waals surface area contributed by atoms with Crippen LogP contribution in [0.4, 0.5) is 0 Å². The molecule has 7 nitrogen and oxygen atoms in total. The quantitative estimate of drug-likeness (QED) is 0.608. The topological polar surface area (TPSA) is 109 Å². The van der Waals surface area contributed by atoms with Crippen LogP contribution in [0.2, 0.25) is 0 Å². The van der Waals surface area contributed by atoms with Crippen LogP contribution >= 0.6 is 0 Å². The van der Waals surface area contributed by atoms with Gasteiger partial charge in [-0.2, -0.15) is 0 Å². The molecule has 7 heteroatoms. The summed E-state index contributed by atoms with van der Waals surface area (Å²) in [5.41, 5.74) is 0.729. The van der Waals surface area contributed by atoms with E-state index in [0.29, 0.717) is 24.9 Å². The first-order valence-electron chi connectivity index (χ1n) is 12.0. The van der Waals surface area contributed by atoms with Gasteiger partial charge in [-0.15, -0.1) is 0 Å². The van der Waals surface area contributed by atoms with Crippen molar-refractivity contribution in [3.63, 3.8) is 0 Å². The van der Waals surface area contributed by atoms with Crippen molar-refractivity contribution in [1.82, 2.24) is 9.88 Å². The third-order valence-electron chi connectivity index (χ3n) is 6.88. The standard InChI is InChI=1S/C24H36N2O5/c1-2-3-15-26-18-14-10-5-4-9-13-17(18)21(27)19(23(26)29)22(28)25-20(24(30)31)16-11-7-6-8-12-16/h16,20,27H,2-15H2,1H3,(H,25,28)(H,30,31). The van der Waals surface area contributed by atoms with Crippen molar-refractivity contribution in [1.29, 1.82) is 0 Å². The first-order valence-corrected chi connectivity index (χ1v) is 12.0. The molecule has 1 aromatic heterocycles. The number of aromatic nitrogens is 1. The van der Waals surface area contributed by atoms with E-state index < -0.39 is 23.5 Å². The molecule has 3 N–H and O–H groups in total. The summed E-state index contributed by atoms with van der Waals surface area (Å²) >= 11 is 0. The van der Waals surface area contributed by atoms with E-state index in [1.165, 1.54) is 0 Å². The number of carbonyl (C=O) groups is 2. The fourth-order valence-electron chi connectivity index (χ4n) is 5.13. The van der Waals surface area contributed by atoms with Crippen LogP contribution in [0.15, 0.2) is 4.79 Å². The van der Waals surface area contributed by atoms with E-state index in [9.17, 15) is 24.6 Å². The second-order valence-corrected chi connectivity index (χ2v) is 9.06. The number of hydrogen-bond acceptors (Lipinski definition) is 4. The van der Waals surface area contributed by atoms with Crippen molar-refractivity contribution in [2.24, 2.45) is 5.92 Å². The summed E-state index contributed by atoms with van der Waals surface area (Å²) in [4.78, 5) is 38.4. The third-order valence-corrected chi connectivity index (χ3v) is 6.88. The van der Waals surface area contributed by atoms with Crippen LogP contribution in [-0.4, -0.2) is 32.7 Å². The molecular formula is C24H36N2O5. The highest BCUT2D eigenvalue weighted by molar-refractivity contribution is 5.99. The summed E-state index contributed by atoms with van der Waals surface area (Å²) < 4.78 is 1.66. The third kappa shape index (κ3) is 5.31. The number of fused-ring (bicyclic) bond motifs is 1. The van der Waals surface area contributed by atoms with Crippen molar-refractivity contribution in [2.75, 3.05) is 0 Å². The number of amides is 1. The van der Waals surface area contributed by atoms with E-state index in [1.807, 2.05) is 6.92 Å². The molecule has 172 valence electrons. The number of aliphatic carboxylic acids is 1. The number of carboxylic acid groups (broad SMARTS) is 1. The van der Waals surface area contributed by atoms with Crippen molar-refractivity contribution in [3.8, 4) is 5.75 Å². The van der Waals surface area contributed by atoms with E-state index in [2.05, 4.69) is 5.32 Å². The Bertz CT molecular complexity index is 855. The molecule has 0 spiro atoms. The zero-order valence-corrected chi connectivity index (χ0v) is 18.6. The Balaban J connectivity index is 2.00. The Hall–Kier alpha value is -2.31. The van der Waals surface area contributed by atoms with Gasteiger partial charge >= 0.3 is 5.97 Å². The molecule has 2 aliphatic rings. The van der Waals surface area contributed by atoms with E-state index in [-0.39, 0.29) is 17.2 Å². The summed E-state index contributed by atoms with van der Waals surface area (Å²) in [6.07, 6.45) is 11.5. The van der Waals surface area contributed by atoms with Gasteiger partial charge in [-0.05, 0) is 50.9 Å². The van der Waals surface area contributed by atoms with E-state index in [4.69, 9.17) is 0 Å². The van der Waals surface area contributed by atoms with Gasteiger partial charge in [0.2, 0.25) is 0 Å². The van der Waals surface area contributed by atoms with Gasteiger partial charge in [0, 0.05) is 17.8 Å². The Morgan fingerprint density at radius 1 is 1.06 bits per heavy atom. The number of carbonyl (C=O) groups excluding carboxylic acids is 1. The first-order chi connectivity index (χ1) is 15.0. The zero-order valence-electron chi connectivity index (χ0n) is 18.6. The average molecular weight is 433 g/mol. The number of carboxylic acids is 1. The van der Waals surface area contributed by atoms with Crippen LogP contribution in [0.25, 0.3) is 0 Å². The van der Waals surface area contributed by atoms with Crippen LogP contribution in [0.3, 0.4) is 0 Å². The van der Waals surface area contributed by atoms with E-state index >= 15 is 0 Å². The minimum absolute atomic E-state index is 0.149. The molecule has 1 fully saturated rings. The molecule has 0 aromatic carbocycles. The molecule has 1 unspecified atom stereocenters. The molecule has 0 bridgehead atoms. The summed E-state index contributed by atoms with van der Waals surface area (Å²) in [5.74, 6) is -2.25. The smallest absolute Gasteiger partial charge is 0.326 e. The zero-order chi connectivity index (χ0) is 22.4. The molecule has 1 atom stereocenters. The van der Waals surface area contributed by atoms with E-state index in [0.717, 1.165) is 76.3 Å². The van der Waals surface area contributed by atoms with Crippen molar-refractivity contribution < 1.29 is 19.8 Å². The molecule has 31 heavy (non-hydrogen) atoms. The van der Waals surface area contributed by atoms with Crippen LogP contribution < -0.4 is 10.9 Å². The Morgan fingerprint density at radius 3 is 2.35 bits per heavy atom. The highest BCUT2D eigenvalue weighted by atomic mass is 16.4. The lowest BCUT2D eigenvalue weighted by Crippen LogP contribution is -2.48.